The summed E-state index contributed by atoms with van der Waals surface area (Å²) in [6.07, 6.45) is 1.61. The van der Waals surface area contributed by atoms with E-state index in [1.54, 1.807) is 49.4 Å². The summed E-state index contributed by atoms with van der Waals surface area (Å²) in [7, 11) is -2.42. The zero-order chi connectivity index (χ0) is 23.8. The Hall–Kier alpha value is -3.32. The highest BCUT2D eigenvalue weighted by atomic mass is 32.2. The molecule has 33 heavy (non-hydrogen) atoms. The third-order valence-corrected chi connectivity index (χ3v) is 7.14. The molecule has 7 heteroatoms. The fraction of sp³-hybridized carbons (Fsp3) is 0.269. The van der Waals surface area contributed by atoms with Crippen molar-refractivity contribution in [3.8, 4) is 5.75 Å². The predicted octanol–water partition coefficient (Wildman–Crippen LogP) is 4.26. The first-order valence-corrected chi connectivity index (χ1v) is 12.3. The lowest BCUT2D eigenvalue weighted by Gasteiger charge is -2.24. The van der Waals surface area contributed by atoms with Crippen LogP contribution in [0.25, 0.3) is 0 Å². The quantitative estimate of drug-likeness (QED) is 0.453. The zero-order valence-electron chi connectivity index (χ0n) is 19.2. The number of ether oxygens (including phenoxy) is 1. The van der Waals surface area contributed by atoms with Crippen LogP contribution >= 0.6 is 0 Å². The normalized spacial score (nSPS) is 11.1. The van der Waals surface area contributed by atoms with E-state index in [0.717, 1.165) is 17.1 Å². The molecule has 3 aromatic rings. The first-order chi connectivity index (χ1) is 15.8. The van der Waals surface area contributed by atoms with E-state index in [1.807, 2.05) is 6.92 Å². The molecule has 0 spiro atoms. The molecule has 6 nitrogen and oxygen atoms in total. The number of sulfonamides is 1. The molecule has 1 N–H and O–H groups in total. The van der Waals surface area contributed by atoms with Gasteiger partial charge in [0, 0.05) is 6.54 Å². The van der Waals surface area contributed by atoms with Crippen molar-refractivity contribution in [1.29, 1.82) is 0 Å². The van der Waals surface area contributed by atoms with Gasteiger partial charge in [-0.25, -0.2) is 8.42 Å². The van der Waals surface area contributed by atoms with Gasteiger partial charge in [-0.05, 0) is 68.1 Å². The lowest BCUT2D eigenvalue weighted by Crippen LogP contribution is -2.41. The van der Waals surface area contributed by atoms with E-state index in [-0.39, 0.29) is 17.3 Å². The van der Waals surface area contributed by atoms with Crippen LogP contribution in [0.2, 0.25) is 0 Å². The Morgan fingerprint density at radius 1 is 0.970 bits per heavy atom. The number of carbonyl (C=O) groups excluding carboxylic acids is 1. The molecular weight excluding hydrogens is 436 g/mol. The predicted molar refractivity (Wildman–Crippen MR) is 131 cm³/mol. The smallest absolute Gasteiger partial charge is 0.264 e. The first kappa shape index (κ1) is 24.3. The molecule has 0 saturated heterocycles. The Kier molecular flexibility index (Phi) is 8.11. The maximum Gasteiger partial charge on any atom is 0.264 e. The highest BCUT2D eigenvalue weighted by molar-refractivity contribution is 7.92. The van der Waals surface area contributed by atoms with Crippen LogP contribution in [0.3, 0.4) is 0 Å². The van der Waals surface area contributed by atoms with Gasteiger partial charge in [0.2, 0.25) is 5.91 Å². The van der Waals surface area contributed by atoms with Crippen molar-refractivity contribution in [2.24, 2.45) is 0 Å². The Balaban J connectivity index is 1.71. The molecule has 0 aromatic heterocycles. The molecule has 0 aliphatic rings. The molecule has 0 atom stereocenters. The fourth-order valence-electron chi connectivity index (χ4n) is 3.51. The summed E-state index contributed by atoms with van der Waals surface area (Å²) in [5, 5.41) is 2.85. The minimum Gasteiger partial charge on any atom is -0.496 e. The molecule has 0 radical (unpaired) electrons. The van der Waals surface area contributed by atoms with Crippen molar-refractivity contribution in [1.82, 2.24) is 5.32 Å². The van der Waals surface area contributed by atoms with E-state index in [1.165, 1.54) is 24.3 Å². The number of carbonyl (C=O) groups is 1. The van der Waals surface area contributed by atoms with E-state index in [2.05, 4.69) is 29.6 Å². The van der Waals surface area contributed by atoms with E-state index < -0.39 is 10.0 Å². The maximum absolute atomic E-state index is 13.5. The number of methoxy groups -OCH3 is 1. The van der Waals surface area contributed by atoms with Crippen LogP contribution < -0.4 is 14.4 Å². The Bertz CT molecular complexity index is 1180. The number of hydrogen-bond donors (Lipinski definition) is 1. The monoisotopic (exact) mass is 466 g/mol. The van der Waals surface area contributed by atoms with Crippen LogP contribution in [0, 0.1) is 13.8 Å². The van der Waals surface area contributed by atoms with Gasteiger partial charge in [-0.2, -0.15) is 0 Å². The summed E-state index contributed by atoms with van der Waals surface area (Å²) >= 11 is 0. The number of anilines is 1. The average molecular weight is 467 g/mol. The van der Waals surface area contributed by atoms with E-state index >= 15 is 0 Å². The van der Waals surface area contributed by atoms with Crippen LogP contribution in [-0.4, -0.2) is 34.5 Å². The number of rotatable bonds is 10. The molecule has 0 bridgehead atoms. The number of aryl methyl sites for hydroxylation is 3. The van der Waals surface area contributed by atoms with Gasteiger partial charge in [-0.3, -0.25) is 9.10 Å². The number of nitrogens with one attached hydrogen (secondary N) is 1. The fourth-order valence-corrected chi connectivity index (χ4v) is 5.02. The van der Waals surface area contributed by atoms with Gasteiger partial charge in [-0.1, -0.05) is 48.0 Å². The molecule has 1 amide bonds. The number of para-hydroxylation sites is 1. The van der Waals surface area contributed by atoms with Crippen molar-refractivity contribution >= 4 is 21.6 Å². The van der Waals surface area contributed by atoms with Crippen molar-refractivity contribution in [2.45, 2.75) is 31.6 Å². The Morgan fingerprint density at radius 2 is 1.67 bits per heavy atom. The van der Waals surface area contributed by atoms with Gasteiger partial charge in [0.15, 0.2) is 0 Å². The Labute approximate surface area is 196 Å². The molecule has 3 aromatic carbocycles. The summed E-state index contributed by atoms with van der Waals surface area (Å²) in [5.41, 5.74) is 3.55. The van der Waals surface area contributed by atoms with Crippen LogP contribution in [0.4, 0.5) is 5.69 Å². The molecule has 174 valence electrons. The number of nitrogens with zero attached hydrogens (tertiary/aromatic N) is 1. The second-order valence-electron chi connectivity index (χ2n) is 7.92. The third kappa shape index (κ3) is 6.35. The van der Waals surface area contributed by atoms with E-state index in [9.17, 15) is 13.2 Å². The standard InChI is InChI=1S/C26H30N2O4S/c1-20-11-13-22(14-12-20)8-7-17-27-26(29)19-28(23-9-5-4-6-10-23)33(30,31)24-15-16-25(32-3)21(2)18-24/h4-6,9-16,18H,7-8,17,19H2,1-3H3,(H,27,29). The highest BCUT2D eigenvalue weighted by Gasteiger charge is 2.27. The molecule has 0 aliphatic heterocycles. The Morgan fingerprint density at radius 3 is 2.30 bits per heavy atom. The first-order valence-electron chi connectivity index (χ1n) is 10.9. The number of benzene rings is 3. The molecular formula is C26H30N2O4S. The van der Waals surface area contributed by atoms with Gasteiger partial charge in [0.1, 0.15) is 12.3 Å². The van der Waals surface area contributed by atoms with Gasteiger partial charge >= 0.3 is 0 Å². The number of hydrogen-bond acceptors (Lipinski definition) is 4. The summed E-state index contributed by atoms with van der Waals surface area (Å²) in [6, 6.07) is 21.6. The van der Waals surface area contributed by atoms with E-state index in [4.69, 9.17) is 4.74 Å². The lowest BCUT2D eigenvalue weighted by molar-refractivity contribution is -0.119. The average Bonchev–Trinajstić information content (AvgIpc) is 2.82. The van der Waals surface area contributed by atoms with Crippen molar-refractivity contribution in [2.75, 3.05) is 24.5 Å². The summed E-state index contributed by atoms with van der Waals surface area (Å²) in [6.45, 7) is 3.99. The van der Waals surface area contributed by atoms with Crippen molar-refractivity contribution in [3.05, 3.63) is 89.5 Å². The molecule has 0 aliphatic carbocycles. The van der Waals surface area contributed by atoms with E-state index in [0.29, 0.717) is 23.5 Å². The SMILES string of the molecule is COc1ccc(S(=O)(=O)N(CC(=O)NCCCc2ccc(C)cc2)c2ccccc2)cc1C. The summed E-state index contributed by atoms with van der Waals surface area (Å²) < 4.78 is 33.3. The van der Waals surface area contributed by atoms with Gasteiger partial charge in [0.25, 0.3) is 10.0 Å². The number of amides is 1. The minimum absolute atomic E-state index is 0.108. The van der Waals surface area contributed by atoms with Gasteiger partial charge in [0.05, 0.1) is 17.7 Å². The largest absolute Gasteiger partial charge is 0.496 e. The van der Waals surface area contributed by atoms with Crippen LogP contribution in [0.15, 0.2) is 77.7 Å². The van der Waals surface area contributed by atoms with Crippen molar-refractivity contribution in [3.63, 3.8) is 0 Å². The molecule has 3 rings (SSSR count). The minimum atomic E-state index is -3.96. The zero-order valence-corrected chi connectivity index (χ0v) is 20.1. The summed E-state index contributed by atoms with van der Waals surface area (Å²) in [4.78, 5) is 12.8. The lowest BCUT2D eigenvalue weighted by atomic mass is 10.1. The summed E-state index contributed by atoms with van der Waals surface area (Å²) in [5.74, 6) is 0.253. The topological polar surface area (TPSA) is 75.7 Å². The molecule has 0 saturated carbocycles. The molecule has 0 fully saturated rings. The highest BCUT2D eigenvalue weighted by Crippen LogP contribution is 2.27. The second kappa shape index (κ2) is 11.0. The van der Waals surface area contributed by atoms with Crippen molar-refractivity contribution < 1.29 is 17.9 Å². The van der Waals surface area contributed by atoms with Gasteiger partial charge in [-0.15, -0.1) is 0 Å². The third-order valence-electron chi connectivity index (χ3n) is 5.37. The van der Waals surface area contributed by atoms with Crippen LogP contribution in [0.1, 0.15) is 23.1 Å². The second-order valence-corrected chi connectivity index (χ2v) is 9.78. The van der Waals surface area contributed by atoms with Crippen LogP contribution in [-0.2, 0) is 21.2 Å². The maximum atomic E-state index is 13.5. The van der Waals surface area contributed by atoms with Gasteiger partial charge < -0.3 is 10.1 Å². The molecule has 0 unspecified atom stereocenters. The van der Waals surface area contributed by atoms with Crippen LogP contribution in [0.5, 0.6) is 5.75 Å². The molecule has 0 heterocycles.